The van der Waals surface area contributed by atoms with Crippen LogP contribution in [0.5, 0.6) is 0 Å². The van der Waals surface area contributed by atoms with Gasteiger partial charge in [-0.25, -0.2) is 0 Å². The molecule has 7 heteroatoms. The lowest BCUT2D eigenvalue weighted by Gasteiger charge is -2.34. The van der Waals surface area contributed by atoms with Crippen molar-refractivity contribution in [3.05, 3.63) is 54.6 Å². The lowest BCUT2D eigenvalue weighted by molar-refractivity contribution is -0.127. The predicted octanol–water partition coefficient (Wildman–Crippen LogP) is 4.03. The maximum Gasteiger partial charge on any atom is 0.241 e. The van der Waals surface area contributed by atoms with Crippen molar-refractivity contribution < 1.29 is 14.3 Å². The molecule has 1 aliphatic heterocycles. The Balaban J connectivity index is 1.50. The number of hydrogen-bond donors (Lipinski definition) is 2. The van der Waals surface area contributed by atoms with Gasteiger partial charge in [-0.3, -0.25) is 14.5 Å². The van der Waals surface area contributed by atoms with Crippen LogP contribution in [-0.2, 0) is 14.3 Å². The number of rotatable bonds is 10. The molecule has 6 nitrogen and oxygen atoms in total. The largest absolute Gasteiger partial charge is 0.385 e. The van der Waals surface area contributed by atoms with E-state index in [9.17, 15) is 9.59 Å². The Hall–Kier alpha value is -2.35. The van der Waals surface area contributed by atoms with Crippen molar-refractivity contribution in [2.24, 2.45) is 5.92 Å². The van der Waals surface area contributed by atoms with E-state index in [1.54, 1.807) is 18.9 Å². The van der Waals surface area contributed by atoms with Crippen molar-refractivity contribution in [2.45, 2.75) is 42.0 Å². The van der Waals surface area contributed by atoms with E-state index in [0.717, 1.165) is 47.8 Å². The molecule has 1 saturated heterocycles. The zero-order chi connectivity index (χ0) is 22.8. The summed E-state index contributed by atoms with van der Waals surface area (Å²) in [6, 6.07) is 17.8. The standard InChI is InChI=1S/C25H33N3O3S/c1-19(28-16-13-20(14-17-28)25(30)26-15-8-18-31-2)24(29)27-22-11-6-7-12-23(22)32-21-9-4-3-5-10-21/h3-7,9-12,19-20H,8,13-18H2,1-2H3,(H,26,30)(H,27,29). The number of para-hydroxylation sites is 1. The number of anilines is 1. The van der Waals surface area contributed by atoms with E-state index >= 15 is 0 Å². The molecule has 2 aromatic carbocycles. The summed E-state index contributed by atoms with van der Waals surface area (Å²) < 4.78 is 5.01. The van der Waals surface area contributed by atoms with Crippen LogP contribution in [0, 0.1) is 5.92 Å². The Morgan fingerprint density at radius 3 is 2.50 bits per heavy atom. The van der Waals surface area contributed by atoms with Gasteiger partial charge in [0, 0.05) is 36.0 Å². The number of nitrogens with one attached hydrogen (secondary N) is 2. The molecule has 0 saturated carbocycles. The van der Waals surface area contributed by atoms with Crippen LogP contribution >= 0.6 is 11.8 Å². The Kier molecular flexibility index (Phi) is 9.59. The van der Waals surface area contributed by atoms with Gasteiger partial charge in [0.15, 0.2) is 0 Å². The predicted molar refractivity (Wildman–Crippen MR) is 129 cm³/mol. The lowest BCUT2D eigenvalue weighted by Crippen LogP contribution is -2.48. The Bertz CT molecular complexity index is 870. The minimum Gasteiger partial charge on any atom is -0.385 e. The van der Waals surface area contributed by atoms with Crippen LogP contribution in [-0.4, -0.2) is 56.1 Å². The fourth-order valence-electron chi connectivity index (χ4n) is 3.80. The molecule has 0 radical (unpaired) electrons. The molecule has 1 atom stereocenters. The average molecular weight is 456 g/mol. The molecule has 0 aliphatic carbocycles. The molecule has 1 fully saturated rings. The van der Waals surface area contributed by atoms with Crippen LogP contribution in [0.3, 0.4) is 0 Å². The molecule has 2 amide bonds. The van der Waals surface area contributed by atoms with Gasteiger partial charge in [-0.1, -0.05) is 42.1 Å². The third-order valence-electron chi connectivity index (χ3n) is 5.77. The summed E-state index contributed by atoms with van der Waals surface area (Å²) in [5.74, 6) is 0.116. The highest BCUT2D eigenvalue weighted by molar-refractivity contribution is 7.99. The van der Waals surface area contributed by atoms with Gasteiger partial charge in [0.05, 0.1) is 11.7 Å². The quantitative estimate of drug-likeness (QED) is 0.530. The first kappa shape index (κ1) is 24.3. The van der Waals surface area contributed by atoms with Gasteiger partial charge in [0.25, 0.3) is 0 Å². The Morgan fingerprint density at radius 2 is 1.78 bits per heavy atom. The third kappa shape index (κ3) is 7.08. The molecular weight excluding hydrogens is 422 g/mol. The number of nitrogens with zero attached hydrogens (tertiary/aromatic N) is 1. The first-order valence-electron chi connectivity index (χ1n) is 11.2. The summed E-state index contributed by atoms with van der Waals surface area (Å²) in [6.45, 7) is 4.72. The highest BCUT2D eigenvalue weighted by Crippen LogP contribution is 2.33. The van der Waals surface area contributed by atoms with Gasteiger partial charge in [-0.2, -0.15) is 0 Å². The van der Waals surface area contributed by atoms with Gasteiger partial charge < -0.3 is 15.4 Å². The first-order valence-corrected chi connectivity index (χ1v) is 12.0. The number of ether oxygens (including phenoxy) is 1. The van der Waals surface area contributed by atoms with E-state index in [1.165, 1.54) is 0 Å². The number of carbonyl (C=O) groups excluding carboxylic acids is 2. The van der Waals surface area contributed by atoms with Gasteiger partial charge in [-0.15, -0.1) is 0 Å². The maximum atomic E-state index is 13.0. The Morgan fingerprint density at radius 1 is 1.09 bits per heavy atom. The zero-order valence-electron chi connectivity index (χ0n) is 18.9. The summed E-state index contributed by atoms with van der Waals surface area (Å²) >= 11 is 1.64. The Labute approximate surface area is 195 Å². The topological polar surface area (TPSA) is 70.7 Å². The van der Waals surface area contributed by atoms with Crippen molar-refractivity contribution >= 4 is 29.3 Å². The molecule has 32 heavy (non-hydrogen) atoms. The number of benzene rings is 2. The van der Waals surface area contributed by atoms with Crippen molar-refractivity contribution in [3.8, 4) is 0 Å². The summed E-state index contributed by atoms with van der Waals surface area (Å²) in [4.78, 5) is 29.6. The second kappa shape index (κ2) is 12.6. The van der Waals surface area contributed by atoms with Crippen molar-refractivity contribution in [1.29, 1.82) is 0 Å². The second-order valence-electron chi connectivity index (χ2n) is 8.02. The van der Waals surface area contributed by atoms with E-state index < -0.39 is 0 Å². The highest BCUT2D eigenvalue weighted by Gasteiger charge is 2.29. The molecule has 2 aromatic rings. The minimum atomic E-state index is -0.254. The number of methoxy groups -OCH3 is 1. The van der Waals surface area contributed by atoms with E-state index in [-0.39, 0.29) is 23.8 Å². The van der Waals surface area contributed by atoms with Crippen LogP contribution in [0.1, 0.15) is 26.2 Å². The average Bonchev–Trinajstić information content (AvgIpc) is 2.83. The monoisotopic (exact) mass is 455 g/mol. The second-order valence-corrected chi connectivity index (χ2v) is 9.14. The fraction of sp³-hybridized carbons (Fsp3) is 0.440. The van der Waals surface area contributed by atoms with Crippen LogP contribution in [0.15, 0.2) is 64.4 Å². The van der Waals surface area contributed by atoms with E-state index in [2.05, 4.69) is 27.7 Å². The third-order valence-corrected chi connectivity index (χ3v) is 6.85. The molecule has 2 N–H and O–H groups in total. The SMILES string of the molecule is COCCCNC(=O)C1CCN(C(C)C(=O)Nc2ccccc2Sc2ccccc2)CC1. The van der Waals surface area contributed by atoms with Gasteiger partial charge >= 0.3 is 0 Å². The number of piperidine rings is 1. The molecule has 0 spiro atoms. The molecule has 1 unspecified atom stereocenters. The minimum absolute atomic E-state index is 0.0198. The molecule has 0 aromatic heterocycles. The van der Waals surface area contributed by atoms with E-state index in [1.807, 2.05) is 49.4 Å². The van der Waals surface area contributed by atoms with Crippen molar-refractivity contribution in [2.75, 3.05) is 38.7 Å². The summed E-state index contributed by atoms with van der Waals surface area (Å²) in [5, 5.41) is 6.10. The molecule has 1 heterocycles. The van der Waals surface area contributed by atoms with Gasteiger partial charge in [0.2, 0.25) is 11.8 Å². The highest BCUT2D eigenvalue weighted by atomic mass is 32.2. The van der Waals surface area contributed by atoms with Crippen molar-refractivity contribution in [3.63, 3.8) is 0 Å². The molecule has 172 valence electrons. The molecular formula is C25H33N3O3S. The van der Waals surface area contributed by atoms with E-state index in [0.29, 0.717) is 13.2 Å². The lowest BCUT2D eigenvalue weighted by atomic mass is 9.95. The van der Waals surface area contributed by atoms with Crippen LogP contribution in [0.2, 0.25) is 0 Å². The number of likely N-dealkylation sites (tertiary alicyclic amines) is 1. The fourth-order valence-corrected chi connectivity index (χ4v) is 4.72. The molecule has 1 aliphatic rings. The van der Waals surface area contributed by atoms with E-state index in [4.69, 9.17) is 4.74 Å². The summed E-state index contributed by atoms with van der Waals surface area (Å²) in [5.41, 5.74) is 0.823. The molecule has 3 rings (SSSR count). The smallest absolute Gasteiger partial charge is 0.241 e. The summed E-state index contributed by atoms with van der Waals surface area (Å²) in [7, 11) is 1.66. The normalized spacial score (nSPS) is 15.8. The zero-order valence-corrected chi connectivity index (χ0v) is 19.7. The number of amides is 2. The van der Waals surface area contributed by atoms with Gasteiger partial charge in [0.1, 0.15) is 0 Å². The maximum absolute atomic E-state index is 13.0. The first-order chi connectivity index (χ1) is 15.6. The van der Waals surface area contributed by atoms with Gasteiger partial charge in [-0.05, 0) is 63.5 Å². The van der Waals surface area contributed by atoms with Crippen LogP contribution < -0.4 is 10.6 Å². The van der Waals surface area contributed by atoms with Crippen molar-refractivity contribution in [1.82, 2.24) is 10.2 Å². The molecule has 0 bridgehead atoms. The van der Waals surface area contributed by atoms with Crippen LogP contribution in [0.4, 0.5) is 5.69 Å². The summed E-state index contributed by atoms with van der Waals surface area (Å²) in [6.07, 6.45) is 2.37. The van der Waals surface area contributed by atoms with Crippen LogP contribution in [0.25, 0.3) is 0 Å². The number of hydrogen-bond acceptors (Lipinski definition) is 5. The number of carbonyl (C=O) groups is 2.